The third-order valence-corrected chi connectivity index (χ3v) is 5.08. The molecule has 0 fully saturated rings. The van der Waals surface area contributed by atoms with Crippen molar-refractivity contribution in [2.24, 2.45) is 5.10 Å². The number of aromatic nitrogens is 2. The van der Waals surface area contributed by atoms with Gasteiger partial charge < -0.3 is 9.47 Å². The van der Waals surface area contributed by atoms with Crippen LogP contribution in [0.4, 0.5) is 0 Å². The van der Waals surface area contributed by atoms with E-state index in [9.17, 15) is 4.79 Å². The van der Waals surface area contributed by atoms with E-state index in [2.05, 4.69) is 31.9 Å². The van der Waals surface area contributed by atoms with Crippen molar-refractivity contribution in [1.82, 2.24) is 9.66 Å². The van der Waals surface area contributed by atoms with Crippen LogP contribution >= 0.6 is 27.5 Å². The smallest absolute Gasteiger partial charge is 0.282 e. The van der Waals surface area contributed by atoms with Gasteiger partial charge in [0.1, 0.15) is 12.4 Å². The second-order valence-electron chi connectivity index (χ2n) is 6.56. The number of fused-ring (bicyclic) bond motifs is 1. The maximum atomic E-state index is 13.1. The molecule has 0 saturated heterocycles. The Balaban J connectivity index is 2.08. The predicted octanol–water partition coefficient (Wildman–Crippen LogP) is 5.06. The lowest BCUT2D eigenvalue weighted by Crippen LogP contribution is -2.22. The number of aryl methyl sites for hydroxylation is 1. The lowest BCUT2D eigenvalue weighted by Gasteiger charge is -2.13. The van der Waals surface area contributed by atoms with Crippen LogP contribution in [0.25, 0.3) is 10.9 Å². The maximum Gasteiger partial charge on any atom is 0.282 e. The Morgan fingerprint density at radius 3 is 2.81 bits per heavy atom. The predicted molar refractivity (Wildman–Crippen MR) is 128 cm³/mol. The molecule has 0 aliphatic heterocycles. The summed E-state index contributed by atoms with van der Waals surface area (Å²) in [5.41, 5.74) is 1.04. The van der Waals surface area contributed by atoms with Crippen molar-refractivity contribution in [3.63, 3.8) is 0 Å². The summed E-state index contributed by atoms with van der Waals surface area (Å²) < 4.78 is 13.3. The summed E-state index contributed by atoms with van der Waals surface area (Å²) in [4.78, 5) is 17.7. The van der Waals surface area contributed by atoms with Gasteiger partial charge >= 0.3 is 0 Å². The largest absolute Gasteiger partial charge is 0.490 e. The second kappa shape index (κ2) is 10.5. The number of halogens is 2. The fourth-order valence-electron chi connectivity index (χ4n) is 3.00. The normalized spacial score (nSPS) is 11.1. The summed E-state index contributed by atoms with van der Waals surface area (Å²) in [5.74, 6) is 3.82. The van der Waals surface area contributed by atoms with Gasteiger partial charge in [-0.1, -0.05) is 40.4 Å². The topological polar surface area (TPSA) is 65.7 Å². The molecule has 0 N–H and O–H groups in total. The first-order valence-corrected chi connectivity index (χ1v) is 10.9. The second-order valence-corrected chi connectivity index (χ2v) is 7.88. The number of rotatable bonds is 8. The molecule has 160 valence electrons. The zero-order valence-electron chi connectivity index (χ0n) is 17.2. The van der Waals surface area contributed by atoms with Gasteiger partial charge in [0.25, 0.3) is 5.56 Å². The molecular formula is C23H21BrClN3O3. The summed E-state index contributed by atoms with van der Waals surface area (Å²) >= 11 is 9.78. The van der Waals surface area contributed by atoms with Gasteiger partial charge in [-0.3, -0.25) is 4.79 Å². The fourth-order valence-corrected chi connectivity index (χ4v) is 3.64. The van der Waals surface area contributed by atoms with Gasteiger partial charge in [0.2, 0.25) is 0 Å². The molecule has 1 aromatic heterocycles. The Kier molecular flexibility index (Phi) is 7.72. The fraction of sp³-hybridized carbons (Fsp3) is 0.261. The molecule has 6 nitrogen and oxygen atoms in total. The van der Waals surface area contributed by atoms with E-state index in [4.69, 9.17) is 27.5 Å². The Morgan fingerprint density at radius 1 is 1.29 bits per heavy atom. The summed E-state index contributed by atoms with van der Waals surface area (Å²) in [6.07, 6.45) is 8.26. The van der Waals surface area contributed by atoms with Crippen LogP contribution in [0.5, 0.6) is 11.5 Å². The number of terminal acetylenes is 1. The van der Waals surface area contributed by atoms with Gasteiger partial charge in [-0.15, -0.1) is 6.42 Å². The lowest BCUT2D eigenvalue weighted by atomic mass is 10.2. The molecule has 0 atom stereocenters. The maximum absolute atomic E-state index is 13.1. The molecule has 0 radical (unpaired) electrons. The Bertz CT molecular complexity index is 1230. The van der Waals surface area contributed by atoms with Crippen LogP contribution < -0.4 is 15.0 Å². The highest BCUT2D eigenvalue weighted by Gasteiger charge is 2.13. The zero-order chi connectivity index (χ0) is 22.4. The Hall–Kier alpha value is -2.82. The highest BCUT2D eigenvalue weighted by atomic mass is 79.9. The molecule has 8 heteroatoms. The molecule has 0 unspecified atom stereocenters. The first-order chi connectivity index (χ1) is 15.0. The summed E-state index contributed by atoms with van der Waals surface area (Å²) in [5, 5.41) is 5.24. The molecule has 1 heterocycles. The van der Waals surface area contributed by atoms with Crippen LogP contribution in [0.15, 0.2) is 44.7 Å². The van der Waals surface area contributed by atoms with Crippen molar-refractivity contribution in [2.75, 3.05) is 13.2 Å². The highest BCUT2D eigenvalue weighted by molar-refractivity contribution is 9.10. The third kappa shape index (κ3) is 5.27. The zero-order valence-corrected chi connectivity index (χ0v) is 19.5. The van der Waals surface area contributed by atoms with E-state index in [0.29, 0.717) is 51.8 Å². The molecule has 31 heavy (non-hydrogen) atoms. The van der Waals surface area contributed by atoms with E-state index in [0.717, 1.165) is 10.9 Å². The molecule has 0 spiro atoms. The molecular weight excluding hydrogens is 482 g/mol. The van der Waals surface area contributed by atoms with Crippen LogP contribution in [0, 0.1) is 12.3 Å². The van der Waals surface area contributed by atoms with Crippen LogP contribution in [0.3, 0.4) is 0 Å². The SMILES string of the molecule is C#CCOc1c(Cl)cc(C=Nn2c(CCC)nc3ccc(Br)cc3c2=O)cc1OCC. The molecule has 0 bridgehead atoms. The van der Waals surface area contributed by atoms with E-state index >= 15 is 0 Å². The summed E-state index contributed by atoms with van der Waals surface area (Å²) in [7, 11) is 0. The Labute approximate surface area is 194 Å². The van der Waals surface area contributed by atoms with E-state index in [1.807, 2.05) is 26.0 Å². The van der Waals surface area contributed by atoms with Gasteiger partial charge in [-0.2, -0.15) is 9.78 Å². The van der Waals surface area contributed by atoms with Crippen molar-refractivity contribution in [1.29, 1.82) is 0 Å². The van der Waals surface area contributed by atoms with Crippen molar-refractivity contribution >= 4 is 44.6 Å². The average Bonchev–Trinajstić information content (AvgIpc) is 2.74. The monoisotopic (exact) mass is 501 g/mol. The standard InChI is InChI=1S/C23H21BrClN3O3/c1-4-7-21-27-19-9-8-16(24)13-17(19)23(29)28(21)26-14-15-11-18(25)22(31-10-5-2)20(12-15)30-6-3/h2,8-9,11-14H,4,6-7,10H2,1,3H3. The average molecular weight is 503 g/mol. The highest BCUT2D eigenvalue weighted by Crippen LogP contribution is 2.36. The molecule has 0 aliphatic rings. The van der Waals surface area contributed by atoms with Crippen molar-refractivity contribution in [2.45, 2.75) is 26.7 Å². The molecule has 3 rings (SSSR count). The van der Waals surface area contributed by atoms with Crippen molar-refractivity contribution in [3.8, 4) is 23.8 Å². The summed E-state index contributed by atoms with van der Waals surface area (Å²) in [6.45, 7) is 4.37. The molecule has 0 aliphatic carbocycles. The van der Waals surface area contributed by atoms with Crippen LogP contribution in [-0.4, -0.2) is 29.1 Å². The number of nitrogens with zero attached hydrogens (tertiary/aromatic N) is 3. The molecule has 2 aromatic carbocycles. The minimum atomic E-state index is -0.240. The van der Waals surface area contributed by atoms with Crippen molar-refractivity contribution in [3.05, 3.63) is 61.6 Å². The quantitative estimate of drug-likeness (QED) is 0.319. The van der Waals surface area contributed by atoms with Gasteiger partial charge in [-0.05, 0) is 49.2 Å². The summed E-state index contributed by atoms with van der Waals surface area (Å²) in [6, 6.07) is 8.83. The molecule has 3 aromatic rings. The minimum absolute atomic E-state index is 0.0708. The van der Waals surface area contributed by atoms with Crippen LogP contribution in [-0.2, 0) is 6.42 Å². The molecule has 0 saturated carbocycles. The number of ether oxygens (including phenoxy) is 2. The first-order valence-electron chi connectivity index (χ1n) is 9.76. The van der Waals surface area contributed by atoms with E-state index in [1.54, 1.807) is 24.4 Å². The van der Waals surface area contributed by atoms with E-state index in [-0.39, 0.29) is 12.2 Å². The number of hydrogen-bond acceptors (Lipinski definition) is 5. The van der Waals surface area contributed by atoms with E-state index in [1.165, 1.54) is 4.68 Å². The first kappa shape index (κ1) is 22.9. The van der Waals surface area contributed by atoms with Gasteiger partial charge in [-0.25, -0.2) is 4.98 Å². The molecule has 0 amide bonds. The number of hydrogen-bond donors (Lipinski definition) is 0. The lowest BCUT2D eigenvalue weighted by molar-refractivity contribution is 0.299. The van der Waals surface area contributed by atoms with Crippen molar-refractivity contribution < 1.29 is 9.47 Å². The van der Waals surface area contributed by atoms with Gasteiger partial charge in [0.05, 0.1) is 28.7 Å². The van der Waals surface area contributed by atoms with Crippen LogP contribution in [0.2, 0.25) is 5.02 Å². The Morgan fingerprint density at radius 2 is 2.10 bits per heavy atom. The third-order valence-electron chi connectivity index (χ3n) is 4.30. The van der Waals surface area contributed by atoms with Gasteiger partial charge in [0, 0.05) is 10.9 Å². The van der Waals surface area contributed by atoms with E-state index < -0.39 is 0 Å². The minimum Gasteiger partial charge on any atom is -0.490 e. The van der Waals surface area contributed by atoms with Gasteiger partial charge in [0.15, 0.2) is 11.5 Å². The number of benzene rings is 2. The van der Waals surface area contributed by atoms with Crippen LogP contribution in [0.1, 0.15) is 31.7 Å².